The highest BCUT2D eigenvalue weighted by molar-refractivity contribution is 7.86. The maximum absolute atomic E-state index is 12.4. The molecule has 1 N–H and O–H groups in total. The van der Waals surface area contributed by atoms with Gasteiger partial charge in [0.1, 0.15) is 5.75 Å². The van der Waals surface area contributed by atoms with Crippen molar-refractivity contribution in [1.82, 2.24) is 13.9 Å². The van der Waals surface area contributed by atoms with Crippen molar-refractivity contribution in [1.29, 1.82) is 0 Å². The second kappa shape index (κ2) is 10.1. The summed E-state index contributed by atoms with van der Waals surface area (Å²) < 4.78 is 32.5. The molecule has 1 saturated heterocycles. The standard InChI is InChI=1S/C19H31N3O4S/c1-4-26-18-10-6-5-8-16(18)9-7-13-20-19(23)17-11-14-22(15-12-17)27(24,25)21(2)3/h5-6,8,10,17H,4,7,9,11-15H2,1-3H3,(H,20,23). The van der Waals surface area contributed by atoms with Crippen LogP contribution in [0.1, 0.15) is 31.7 Å². The van der Waals surface area contributed by atoms with Crippen molar-refractivity contribution in [2.24, 2.45) is 5.92 Å². The number of carbonyl (C=O) groups is 1. The molecule has 0 saturated carbocycles. The predicted molar refractivity (Wildman–Crippen MR) is 106 cm³/mol. The highest BCUT2D eigenvalue weighted by atomic mass is 32.2. The van der Waals surface area contributed by atoms with Gasteiger partial charge in [0.2, 0.25) is 5.91 Å². The first-order chi connectivity index (χ1) is 12.9. The molecule has 152 valence electrons. The van der Waals surface area contributed by atoms with Crippen molar-refractivity contribution < 1.29 is 17.9 Å². The normalized spacial score (nSPS) is 16.4. The van der Waals surface area contributed by atoms with Gasteiger partial charge in [-0.1, -0.05) is 18.2 Å². The topological polar surface area (TPSA) is 79.0 Å². The number of nitrogens with zero attached hydrogens (tertiary/aromatic N) is 2. The Morgan fingerprint density at radius 2 is 1.93 bits per heavy atom. The molecule has 1 heterocycles. The Hall–Kier alpha value is -1.64. The van der Waals surface area contributed by atoms with E-state index in [-0.39, 0.29) is 11.8 Å². The Morgan fingerprint density at radius 3 is 2.56 bits per heavy atom. The zero-order valence-corrected chi connectivity index (χ0v) is 17.3. The molecular weight excluding hydrogens is 366 g/mol. The second-order valence-corrected chi connectivity index (χ2v) is 9.04. The van der Waals surface area contributed by atoms with E-state index in [9.17, 15) is 13.2 Å². The minimum absolute atomic E-state index is 0.0231. The minimum Gasteiger partial charge on any atom is -0.494 e. The molecule has 7 nitrogen and oxygen atoms in total. The number of carbonyl (C=O) groups excluding carboxylic acids is 1. The predicted octanol–water partition coefficient (Wildman–Crippen LogP) is 1.65. The summed E-state index contributed by atoms with van der Waals surface area (Å²) in [7, 11) is -0.335. The van der Waals surface area contributed by atoms with Crippen molar-refractivity contribution in [3.63, 3.8) is 0 Å². The average molecular weight is 398 g/mol. The first-order valence-corrected chi connectivity index (χ1v) is 10.9. The smallest absolute Gasteiger partial charge is 0.281 e. The molecule has 1 fully saturated rings. The van der Waals surface area contributed by atoms with E-state index in [1.54, 1.807) is 0 Å². The highest BCUT2D eigenvalue weighted by Gasteiger charge is 2.31. The van der Waals surface area contributed by atoms with E-state index < -0.39 is 10.2 Å². The zero-order chi connectivity index (χ0) is 19.9. The average Bonchev–Trinajstić information content (AvgIpc) is 2.66. The fraction of sp³-hybridized carbons (Fsp3) is 0.632. The molecule has 2 rings (SSSR count). The molecule has 0 bridgehead atoms. The van der Waals surface area contributed by atoms with Gasteiger partial charge in [0, 0.05) is 39.6 Å². The minimum atomic E-state index is -3.39. The molecule has 0 aromatic heterocycles. The van der Waals surface area contributed by atoms with Crippen molar-refractivity contribution in [3.05, 3.63) is 29.8 Å². The molecule has 0 aliphatic carbocycles. The van der Waals surface area contributed by atoms with Gasteiger partial charge in [-0.25, -0.2) is 0 Å². The third-order valence-electron chi connectivity index (χ3n) is 4.81. The van der Waals surface area contributed by atoms with Gasteiger partial charge in [0.25, 0.3) is 10.2 Å². The van der Waals surface area contributed by atoms with Crippen LogP contribution in [0.5, 0.6) is 5.75 Å². The molecular formula is C19H31N3O4S. The van der Waals surface area contributed by atoms with Crippen LogP contribution in [-0.4, -0.2) is 63.3 Å². The summed E-state index contributed by atoms with van der Waals surface area (Å²) in [5.74, 6) is 0.810. The van der Waals surface area contributed by atoms with Gasteiger partial charge in [0.05, 0.1) is 6.61 Å². The monoisotopic (exact) mass is 397 g/mol. The van der Waals surface area contributed by atoms with Crippen LogP contribution in [0.2, 0.25) is 0 Å². The summed E-state index contributed by atoms with van der Waals surface area (Å²) in [5.41, 5.74) is 1.15. The summed E-state index contributed by atoms with van der Waals surface area (Å²) in [6, 6.07) is 7.96. The van der Waals surface area contributed by atoms with E-state index >= 15 is 0 Å². The Kier molecular flexibility index (Phi) is 8.07. The Bertz CT molecular complexity index is 713. The molecule has 8 heteroatoms. The highest BCUT2D eigenvalue weighted by Crippen LogP contribution is 2.21. The fourth-order valence-corrected chi connectivity index (χ4v) is 4.36. The van der Waals surface area contributed by atoms with Gasteiger partial charge in [-0.15, -0.1) is 0 Å². The van der Waals surface area contributed by atoms with Crippen molar-refractivity contribution in [2.45, 2.75) is 32.6 Å². The molecule has 0 radical (unpaired) electrons. The molecule has 1 aromatic carbocycles. The first-order valence-electron chi connectivity index (χ1n) is 9.52. The van der Waals surface area contributed by atoms with Crippen LogP contribution < -0.4 is 10.1 Å². The van der Waals surface area contributed by atoms with E-state index in [2.05, 4.69) is 5.32 Å². The van der Waals surface area contributed by atoms with E-state index in [0.29, 0.717) is 39.1 Å². The van der Waals surface area contributed by atoms with Crippen molar-refractivity contribution in [3.8, 4) is 5.75 Å². The number of rotatable bonds is 9. The number of nitrogens with one attached hydrogen (secondary N) is 1. The second-order valence-electron chi connectivity index (χ2n) is 6.90. The van der Waals surface area contributed by atoms with E-state index in [1.807, 2.05) is 31.2 Å². The molecule has 0 atom stereocenters. The number of hydrogen-bond donors (Lipinski definition) is 1. The van der Waals surface area contributed by atoms with E-state index in [4.69, 9.17) is 4.74 Å². The van der Waals surface area contributed by atoms with Gasteiger partial charge in [-0.2, -0.15) is 17.0 Å². The molecule has 0 spiro atoms. The van der Waals surface area contributed by atoms with Crippen LogP contribution in [0, 0.1) is 5.92 Å². The third kappa shape index (κ3) is 5.92. The van der Waals surface area contributed by atoms with E-state index in [0.717, 1.165) is 24.2 Å². The number of aryl methyl sites for hydroxylation is 1. The Balaban J connectivity index is 1.73. The molecule has 1 aliphatic rings. The number of piperidine rings is 1. The lowest BCUT2D eigenvalue weighted by atomic mass is 9.97. The van der Waals surface area contributed by atoms with Crippen LogP contribution in [0.3, 0.4) is 0 Å². The lowest BCUT2D eigenvalue weighted by Crippen LogP contribution is -2.46. The number of benzene rings is 1. The van der Waals surface area contributed by atoms with Gasteiger partial charge in [-0.3, -0.25) is 4.79 Å². The molecule has 0 unspecified atom stereocenters. The molecule has 1 amide bonds. The van der Waals surface area contributed by atoms with Crippen LogP contribution in [0.25, 0.3) is 0 Å². The molecule has 1 aliphatic heterocycles. The zero-order valence-electron chi connectivity index (χ0n) is 16.5. The van der Waals surface area contributed by atoms with Crippen molar-refractivity contribution in [2.75, 3.05) is 40.3 Å². The van der Waals surface area contributed by atoms with Gasteiger partial charge >= 0.3 is 0 Å². The summed E-state index contributed by atoms with van der Waals surface area (Å²) in [5, 5.41) is 2.99. The quantitative estimate of drug-likeness (QED) is 0.643. The lowest BCUT2D eigenvalue weighted by molar-refractivity contribution is -0.126. The largest absolute Gasteiger partial charge is 0.494 e. The van der Waals surface area contributed by atoms with Gasteiger partial charge < -0.3 is 10.1 Å². The number of hydrogen-bond acceptors (Lipinski definition) is 4. The van der Waals surface area contributed by atoms with Crippen LogP contribution in [-0.2, 0) is 21.4 Å². The van der Waals surface area contributed by atoms with Crippen LogP contribution >= 0.6 is 0 Å². The van der Waals surface area contributed by atoms with E-state index in [1.165, 1.54) is 22.7 Å². The Labute approximate surface area is 162 Å². The maximum atomic E-state index is 12.4. The van der Waals surface area contributed by atoms with Gasteiger partial charge in [-0.05, 0) is 44.2 Å². The molecule has 1 aromatic rings. The van der Waals surface area contributed by atoms with Crippen molar-refractivity contribution >= 4 is 16.1 Å². The summed E-state index contributed by atoms with van der Waals surface area (Å²) in [6.07, 6.45) is 2.80. The van der Waals surface area contributed by atoms with Crippen LogP contribution in [0.15, 0.2) is 24.3 Å². The third-order valence-corrected chi connectivity index (χ3v) is 6.75. The maximum Gasteiger partial charge on any atom is 0.281 e. The SMILES string of the molecule is CCOc1ccccc1CCCNC(=O)C1CCN(S(=O)(=O)N(C)C)CC1. The summed E-state index contributed by atoms with van der Waals surface area (Å²) >= 11 is 0. The lowest BCUT2D eigenvalue weighted by Gasteiger charge is -2.32. The number of amides is 1. The Morgan fingerprint density at radius 1 is 1.26 bits per heavy atom. The number of para-hydroxylation sites is 1. The van der Waals surface area contributed by atoms with Gasteiger partial charge in [0.15, 0.2) is 0 Å². The van der Waals surface area contributed by atoms with Crippen LogP contribution in [0.4, 0.5) is 0 Å². The first kappa shape index (κ1) is 21.7. The number of ether oxygens (including phenoxy) is 1. The summed E-state index contributed by atoms with van der Waals surface area (Å²) in [6.45, 7) is 3.98. The molecule has 27 heavy (non-hydrogen) atoms. The fourth-order valence-electron chi connectivity index (χ4n) is 3.22. The summed E-state index contributed by atoms with van der Waals surface area (Å²) in [4.78, 5) is 12.4.